The van der Waals surface area contributed by atoms with E-state index in [1.54, 1.807) is 4.90 Å². The van der Waals surface area contributed by atoms with Gasteiger partial charge in [-0.25, -0.2) is 4.79 Å². The molecule has 1 aromatic rings. The van der Waals surface area contributed by atoms with E-state index in [1.807, 2.05) is 43.3 Å². The molecule has 5 atom stereocenters. The second-order valence-electron chi connectivity index (χ2n) is 7.43. The smallest absolute Gasteiger partial charge is 0.414 e. The van der Waals surface area contributed by atoms with Gasteiger partial charge in [0.15, 0.2) is 0 Å². The molecule has 27 heavy (non-hydrogen) atoms. The first kappa shape index (κ1) is 17.6. The molecule has 0 spiro atoms. The number of hydrogen-bond acceptors (Lipinski definition) is 4. The van der Waals surface area contributed by atoms with Gasteiger partial charge in [-0.15, -0.1) is 0 Å². The molecule has 2 amide bonds. The van der Waals surface area contributed by atoms with E-state index in [0.717, 1.165) is 17.7 Å². The third kappa shape index (κ3) is 3.07. The molecular weight excluding hydrogens is 348 g/mol. The highest BCUT2D eigenvalue weighted by Crippen LogP contribution is 2.48. The molecule has 2 aliphatic carbocycles. The number of hydrogen-bond donors (Lipinski definition) is 2. The maximum Gasteiger partial charge on any atom is 0.414 e. The number of amides is 2. The van der Waals surface area contributed by atoms with Crippen LogP contribution in [0.15, 0.2) is 36.4 Å². The first-order valence-electron chi connectivity index (χ1n) is 9.21. The first-order valence-corrected chi connectivity index (χ1v) is 9.21. The molecule has 2 bridgehead atoms. The fourth-order valence-corrected chi connectivity index (χ4v) is 4.50. The lowest BCUT2D eigenvalue weighted by Gasteiger charge is -2.26. The van der Waals surface area contributed by atoms with Crippen LogP contribution >= 0.6 is 0 Å². The fourth-order valence-electron chi connectivity index (χ4n) is 4.50. The molecule has 1 heterocycles. The van der Waals surface area contributed by atoms with E-state index in [9.17, 15) is 19.5 Å². The van der Waals surface area contributed by atoms with Crippen LogP contribution in [0.4, 0.5) is 10.5 Å². The standard InChI is InChI=1S/C20H22N2O5/c1-11(12-3-2-4-15(10-12)22-7-8-27-20(22)26)21-18(23)16-13-5-6-14(9-13)17(16)19(24)25/h2-6,10-11,13-14,16-17H,7-9H2,1H3,(H,21,23)(H,24,25)/t11-,13-,14-,16-,17-/m0/s1. The van der Waals surface area contributed by atoms with Crippen LogP contribution in [0.3, 0.4) is 0 Å². The number of carboxylic acid groups (broad SMARTS) is 1. The van der Waals surface area contributed by atoms with Crippen molar-refractivity contribution in [3.05, 3.63) is 42.0 Å². The molecular formula is C20H22N2O5. The molecule has 3 aliphatic rings. The summed E-state index contributed by atoms with van der Waals surface area (Å²) in [5.74, 6) is -2.38. The van der Waals surface area contributed by atoms with Crippen LogP contribution in [-0.4, -0.2) is 36.2 Å². The van der Waals surface area contributed by atoms with Crippen LogP contribution in [0.2, 0.25) is 0 Å². The average Bonchev–Trinajstić information content (AvgIpc) is 3.36. The zero-order valence-corrected chi connectivity index (χ0v) is 15.0. The second kappa shape index (κ2) is 6.72. The average molecular weight is 370 g/mol. The predicted molar refractivity (Wildman–Crippen MR) is 97.0 cm³/mol. The van der Waals surface area contributed by atoms with Gasteiger partial charge in [0.2, 0.25) is 5.91 Å². The summed E-state index contributed by atoms with van der Waals surface area (Å²) in [6.45, 7) is 2.72. The number of aliphatic carboxylic acids is 1. The Kier molecular flexibility index (Phi) is 4.37. The summed E-state index contributed by atoms with van der Waals surface area (Å²) < 4.78 is 4.97. The van der Waals surface area contributed by atoms with Gasteiger partial charge < -0.3 is 15.2 Å². The van der Waals surface area contributed by atoms with Crippen LogP contribution in [-0.2, 0) is 14.3 Å². The minimum Gasteiger partial charge on any atom is -0.481 e. The molecule has 1 aromatic carbocycles. The fraction of sp³-hybridized carbons (Fsp3) is 0.450. The minimum atomic E-state index is -0.908. The largest absolute Gasteiger partial charge is 0.481 e. The number of carbonyl (C=O) groups excluding carboxylic acids is 2. The van der Waals surface area contributed by atoms with Crippen LogP contribution in [0.1, 0.15) is 24.9 Å². The third-order valence-electron chi connectivity index (χ3n) is 5.85. The van der Waals surface area contributed by atoms with E-state index in [4.69, 9.17) is 4.74 Å². The number of cyclic esters (lactones) is 1. The molecule has 7 nitrogen and oxygen atoms in total. The number of nitrogens with one attached hydrogen (secondary N) is 1. The van der Waals surface area contributed by atoms with Gasteiger partial charge in [-0.05, 0) is 42.9 Å². The minimum absolute atomic E-state index is 0.00555. The van der Waals surface area contributed by atoms with Gasteiger partial charge in [0, 0.05) is 5.69 Å². The number of rotatable bonds is 5. The summed E-state index contributed by atoms with van der Waals surface area (Å²) in [5.41, 5.74) is 1.58. The molecule has 1 saturated carbocycles. The molecule has 2 N–H and O–H groups in total. The summed E-state index contributed by atoms with van der Waals surface area (Å²) >= 11 is 0. The Bertz CT molecular complexity index is 820. The van der Waals surface area contributed by atoms with Crippen molar-refractivity contribution in [3.8, 4) is 0 Å². The van der Waals surface area contributed by atoms with E-state index in [0.29, 0.717) is 13.2 Å². The Balaban J connectivity index is 1.48. The Labute approximate surface area is 157 Å². The molecule has 0 unspecified atom stereocenters. The highest BCUT2D eigenvalue weighted by Gasteiger charge is 2.51. The summed E-state index contributed by atoms with van der Waals surface area (Å²) in [6, 6.07) is 7.09. The van der Waals surface area contributed by atoms with Gasteiger partial charge in [0.1, 0.15) is 6.61 Å². The summed E-state index contributed by atoms with van der Waals surface area (Å²) in [7, 11) is 0. The van der Waals surface area contributed by atoms with Crippen molar-refractivity contribution in [2.45, 2.75) is 19.4 Å². The van der Waals surface area contributed by atoms with Crippen molar-refractivity contribution in [2.24, 2.45) is 23.7 Å². The lowest BCUT2D eigenvalue weighted by molar-refractivity contribution is -0.148. The van der Waals surface area contributed by atoms with Crippen LogP contribution in [0.25, 0.3) is 0 Å². The second-order valence-corrected chi connectivity index (χ2v) is 7.43. The number of fused-ring (bicyclic) bond motifs is 2. The zero-order valence-electron chi connectivity index (χ0n) is 15.0. The number of allylic oxidation sites excluding steroid dienone is 2. The molecule has 142 valence electrons. The van der Waals surface area contributed by atoms with Crippen molar-refractivity contribution < 1.29 is 24.2 Å². The highest BCUT2D eigenvalue weighted by molar-refractivity contribution is 5.89. The predicted octanol–water partition coefficient (Wildman–Crippen LogP) is 2.34. The van der Waals surface area contributed by atoms with Crippen molar-refractivity contribution in [2.75, 3.05) is 18.1 Å². The van der Waals surface area contributed by atoms with E-state index < -0.39 is 17.8 Å². The molecule has 2 fully saturated rings. The van der Waals surface area contributed by atoms with E-state index >= 15 is 0 Å². The van der Waals surface area contributed by atoms with E-state index in [2.05, 4.69) is 5.32 Å². The zero-order chi connectivity index (χ0) is 19.1. The number of benzene rings is 1. The Morgan fingerprint density at radius 3 is 2.67 bits per heavy atom. The molecule has 1 aliphatic heterocycles. The van der Waals surface area contributed by atoms with Gasteiger partial charge in [-0.1, -0.05) is 24.3 Å². The van der Waals surface area contributed by atoms with Gasteiger partial charge in [-0.2, -0.15) is 0 Å². The van der Waals surface area contributed by atoms with Crippen molar-refractivity contribution >= 4 is 23.7 Å². The molecule has 0 radical (unpaired) electrons. The highest BCUT2D eigenvalue weighted by atomic mass is 16.6. The van der Waals surface area contributed by atoms with Crippen molar-refractivity contribution in [1.82, 2.24) is 5.32 Å². The number of carbonyl (C=O) groups is 3. The molecule has 7 heteroatoms. The van der Waals surface area contributed by atoms with Crippen LogP contribution in [0.5, 0.6) is 0 Å². The topological polar surface area (TPSA) is 95.9 Å². The van der Waals surface area contributed by atoms with Gasteiger partial charge in [0.05, 0.1) is 24.4 Å². The van der Waals surface area contributed by atoms with E-state index in [-0.39, 0.29) is 29.9 Å². The molecule has 4 rings (SSSR count). The maximum atomic E-state index is 12.8. The van der Waals surface area contributed by atoms with Gasteiger partial charge >= 0.3 is 12.1 Å². The monoisotopic (exact) mass is 370 g/mol. The Morgan fingerprint density at radius 1 is 1.26 bits per heavy atom. The van der Waals surface area contributed by atoms with Crippen molar-refractivity contribution in [1.29, 1.82) is 0 Å². The Morgan fingerprint density at radius 2 is 2.00 bits per heavy atom. The summed E-state index contributed by atoms with van der Waals surface area (Å²) in [5, 5.41) is 12.5. The number of ether oxygens (including phenoxy) is 1. The molecule has 0 aromatic heterocycles. The number of carboxylic acids is 1. The van der Waals surface area contributed by atoms with Crippen molar-refractivity contribution in [3.63, 3.8) is 0 Å². The van der Waals surface area contributed by atoms with Crippen LogP contribution < -0.4 is 10.2 Å². The van der Waals surface area contributed by atoms with Crippen LogP contribution in [0, 0.1) is 23.7 Å². The lowest BCUT2D eigenvalue weighted by atomic mass is 9.82. The lowest BCUT2D eigenvalue weighted by Crippen LogP contribution is -2.41. The number of anilines is 1. The maximum absolute atomic E-state index is 12.8. The SMILES string of the molecule is C[C@H](NC(=O)[C@@H]1[C@@H](C(=O)O)[C@H]2C=C[C@H]1C2)c1cccc(N2CCOC2=O)c1. The summed E-state index contributed by atoms with van der Waals surface area (Å²) in [4.78, 5) is 37.8. The normalized spacial score (nSPS) is 29.7. The first-order chi connectivity index (χ1) is 13.0. The third-order valence-corrected chi connectivity index (χ3v) is 5.85. The van der Waals surface area contributed by atoms with E-state index in [1.165, 1.54) is 0 Å². The quantitative estimate of drug-likeness (QED) is 0.776. The van der Waals surface area contributed by atoms with Gasteiger partial charge in [0.25, 0.3) is 0 Å². The molecule has 1 saturated heterocycles. The van der Waals surface area contributed by atoms with Gasteiger partial charge in [-0.3, -0.25) is 14.5 Å². The summed E-state index contributed by atoms with van der Waals surface area (Å²) in [6.07, 6.45) is 4.26. The Hall–Kier alpha value is -2.83. The number of nitrogens with zero attached hydrogens (tertiary/aromatic N) is 1.